The number of furan rings is 1. The average Bonchev–Trinajstić information content (AvgIpc) is 2.55. The molecule has 0 aliphatic rings. The molecular weight excluding hydrogens is 140 g/mol. The van der Waals surface area contributed by atoms with Crippen LogP contribution in [-0.2, 0) is 0 Å². The summed E-state index contributed by atoms with van der Waals surface area (Å²) in [5.74, 6) is 0. The first kappa shape index (κ1) is 7.72. The second-order valence-corrected chi connectivity index (χ2v) is 1.70. The Hall–Kier alpha value is -1.38. The number of rotatable bonds is 0. The third-order valence-electron chi connectivity index (χ3n) is 1.13. The lowest BCUT2D eigenvalue weighted by atomic mass is 10.4. The van der Waals surface area contributed by atoms with E-state index < -0.39 is 0 Å². The summed E-state index contributed by atoms with van der Waals surface area (Å²) in [5, 5.41) is 0.942. The van der Waals surface area contributed by atoms with E-state index >= 15 is 0 Å². The van der Waals surface area contributed by atoms with Crippen LogP contribution in [0.1, 0.15) is 13.8 Å². The van der Waals surface area contributed by atoms with E-state index in [0.29, 0.717) is 5.71 Å². The maximum absolute atomic E-state index is 4.97. The Morgan fingerprint density at radius 3 is 2.91 bits per heavy atom. The largest absolute Gasteiger partial charge is 0.446 e. The molecule has 3 heteroatoms. The van der Waals surface area contributed by atoms with Crippen molar-refractivity contribution in [2.45, 2.75) is 13.8 Å². The highest BCUT2D eigenvalue weighted by Crippen LogP contribution is 2.08. The monoisotopic (exact) mass is 150 g/mol. The minimum Gasteiger partial charge on any atom is -0.446 e. The molecule has 2 aromatic heterocycles. The highest BCUT2D eigenvalue weighted by molar-refractivity contribution is 5.70. The van der Waals surface area contributed by atoms with Crippen molar-refractivity contribution in [2.24, 2.45) is 0 Å². The third-order valence-corrected chi connectivity index (χ3v) is 1.13. The molecule has 0 fully saturated rings. The first-order valence-electron chi connectivity index (χ1n) is 3.60. The van der Waals surface area contributed by atoms with E-state index in [1.165, 1.54) is 6.33 Å². The normalized spacial score (nSPS) is 8.91. The maximum atomic E-state index is 4.97. The van der Waals surface area contributed by atoms with Crippen LogP contribution in [0.5, 0.6) is 0 Å². The predicted molar refractivity (Wildman–Crippen MR) is 43.2 cm³/mol. The van der Waals surface area contributed by atoms with Crippen LogP contribution in [0.4, 0.5) is 0 Å². The molecule has 0 bridgehead atoms. The van der Waals surface area contributed by atoms with Crippen LogP contribution < -0.4 is 0 Å². The quantitative estimate of drug-likeness (QED) is 0.578. The molecule has 0 aromatic carbocycles. The van der Waals surface area contributed by atoms with Crippen LogP contribution in [0.25, 0.3) is 11.1 Å². The van der Waals surface area contributed by atoms with Crippen LogP contribution >= 0.6 is 0 Å². The molecule has 0 radical (unpaired) electrons. The van der Waals surface area contributed by atoms with Crippen molar-refractivity contribution >= 4 is 11.1 Å². The van der Waals surface area contributed by atoms with Crippen molar-refractivity contribution in [3.05, 3.63) is 24.9 Å². The van der Waals surface area contributed by atoms with Crippen LogP contribution in [0, 0.1) is 0 Å². The topological polar surface area (TPSA) is 38.9 Å². The van der Waals surface area contributed by atoms with Gasteiger partial charge in [-0.3, -0.25) is 0 Å². The second kappa shape index (κ2) is 3.71. The molecule has 0 aliphatic heterocycles. The van der Waals surface area contributed by atoms with E-state index in [1.54, 1.807) is 12.5 Å². The standard InChI is InChI=1S/C6H4N2O.C2H6/c1-2-9-6-5(1)3-7-4-8-6;1-2/h1-4H;1-2H3. The lowest BCUT2D eigenvalue weighted by Crippen LogP contribution is -1.72. The van der Waals surface area contributed by atoms with Crippen LogP contribution in [0.2, 0.25) is 0 Å². The summed E-state index contributed by atoms with van der Waals surface area (Å²) >= 11 is 0. The van der Waals surface area contributed by atoms with Gasteiger partial charge in [0.2, 0.25) is 5.71 Å². The Morgan fingerprint density at radius 1 is 1.36 bits per heavy atom. The first-order chi connectivity index (χ1) is 5.47. The second-order valence-electron chi connectivity index (χ2n) is 1.70. The van der Waals surface area contributed by atoms with Crippen LogP contribution in [0.3, 0.4) is 0 Å². The van der Waals surface area contributed by atoms with E-state index in [-0.39, 0.29) is 0 Å². The smallest absolute Gasteiger partial charge is 0.228 e. The minimum atomic E-state index is 0.644. The summed E-state index contributed by atoms with van der Waals surface area (Å²) in [7, 11) is 0. The van der Waals surface area contributed by atoms with Gasteiger partial charge in [-0.05, 0) is 6.07 Å². The summed E-state index contributed by atoms with van der Waals surface area (Å²) < 4.78 is 4.97. The van der Waals surface area contributed by atoms with Gasteiger partial charge in [-0.25, -0.2) is 9.97 Å². The van der Waals surface area contributed by atoms with Crippen molar-refractivity contribution in [2.75, 3.05) is 0 Å². The Labute approximate surface area is 65.1 Å². The van der Waals surface area contributed by atoms with Crippen molar-refractivity contribution < 1.29 is 4.42 Å². The Kier molecular flexibility index (Phi) is 2.60. The zero-order valence-electron chi connectivity index (χ0n) is 6.61. The molecule has 2 aromatic rings. The van der Waals surface area contributed by atoms with E-state index in [2.05, 4.69) is 9.97 Å². The highest BCUT2D eigenvalue weighted by Gasteiger charge is 1.92. The average molecular weight is 150 g/mol. The van der Waals surface area contributed by atoms with Crippen molar-refractivity contribution in [3.63, 3.8) is 0 Å². The van der Waals surface area contributed by atoms with Crippen molar-refractivity contribution in [1.29, 1.82) is 0 Å². The van der Waals surface area contributed by atoms with E-state index in [1.807, 2.05) is 19.9 Å². The highest BCUT2D eigenvalue weighted by atomic mass is 16.3. The van der Waals surface area contributed by atoms with Gasteiger partial charge >= 0.3 is 0 Å². The summed E-state index contributed by atoms with van der Waals surface area (Å²) in [5.41, 5.74) is 0.644. The molecule has 2 heterocycles. The molecule has 3 nitrogen and oxygen atoms in total. The fourth-order valence-electron chi connectivity index (χ4n) is 0.714. The van der Waals surface area contributed by atoms with Crippen LogP contribution in [-0.4, -0.2) is 9.97 Å². The summed E-state index contributed by atoms with van der Waals surface area (Å²) in [6, 6.07) is 1.83. The molecule has 0 N–H and O–H groups in total. The Morgan fingerprint density at radius 2 is 2.18 bits per heavy atom. The first-order valence-corrected chi connectivity index (χ1v) is 3.60. The van der Waals surface area contributed by atoms with Crippen LogP contribution in [0.15, 0.2) is 29.3 Å². The number of aromatic nitrogens is 2. The van der Waals surface area contributed by atoms with Gasteiger partial charge in [0.05, 0.1) is 11.6 Å². The SMILES string of the molecule is CC.c1ncc2ccoc2n1. The van der Waals surface area contributed by atoms with Gasteiger partial charge in [-0.1, -0.05) is 13.8 Å². The number of fused-ring (bicyclic) bond motifs is 1. The Bertz CT molecular complexity index is 286. The molecule has 0 atom stereocenters. The van der Waals surface area contributed by atoms with E-state index in [4.69, 9.17) is 4.42 Å². The van der Waals surface area contributed by atoms with E-state index in [0.717, 1.165) is 5.39 Å². The molecule has 0 saturated carbocycles. The fourth-order valence-corrected chi connectivity index (χ4v) is 0.714. The number of hydrogen-bond donors (Lipinski definition) is 0. The van der Waals surface area contributed by atoms with Gasteiger partial charge in [0.25, 0.3) is 0 Å². The molecule has 0 unspecified atom stereocenters. The lowest BCUT2D eigenvalue weighted by molar-refractivity contribution is 0.602. The molecular formula is C8H10N2O. The maximum Gasteiger partial charge on any atom is 0.228 e. The van der Waals surface area contributed by atoms with Crippen molar-refractivity contribution in [3.8, 4) is 0 Å². The summed E-state index contributed by atoms with van der Waals surface area (Å²) in [6.07, 6.45) is 4.77. The van der Waals surface area contributed by atoms with Gasteiger partial charge in [0, 0.05) is 6.20 Å². The third kappa shape index (κ3) is 1.55. The number of hydrogen-bond acceptors (Lipinski definition) is 3. The number of nitrogens with zero attached hydrogens (tertiary/aromatic N) is 2. The van der Waals surface area contributed by atoms with Gasteiger partial charge in [-0.15, -0.1) is 0 Å². The molecule has 11 heavy (non-hydrogen) atoms. The lowest BCUT2D eigenvalue weighted by Gasteiger charge is -1.80. The molecule has 0 aliphatic carbocycles. The zero-order valence-corrected chi connectivity index (χ0v) is 6.61. The minimum absolute atomic E-state index is 0.644. The van der Waals surface area contributed by atoms with Gasteiger partial charge in [-0.2, -0.15) is 0 Å². The van der Waals surface area contributed by atoms with Gasteiger partial charge in [0.15, 0.2) is 0 Å². The molecule has 0 saturated heterocycles. The van der Waals surface area contributed by atoms with Gasteiger partial charge < -0.3 is 4.42 Å². The summed E-state index contributed by atoms with van der Waals surface area (Å²) in [6.45, 7) is 4.00. The van der Waals surface area contributed by atoms with Crippen molar-refractivity contribution in [1.82, 2.24) is 9.97 Å². The molecule has 58 valence electrons. The predicted octanol–water partition coefficient (Wildman–Crippen LogP) is 2.25. The molecule has 2 rings (SSSR count). The fraction of sp³-hybridized carbons (Fsp3) is 0.250. The molecule has 0 amide bonds. The summed E-state index contributed by atoms with van der Waals surface area (Å²) in [4.78, 5) is 7.68. The Balaban J connectivity index is 0.000000281. The molecule has 0 spiro atoms. The van der Waals surface area contributed by atoms with E-state index in [9.17, 15) is 0 Å². The van der Waals surface area contributed by atoms with Gasteiger partial charge in [0.1, 0.15) is 6.33 Å². The zero-order chi connectivity index (χ0) is 8.10.